The summed E-state index contributed by atoms with van der Waals surface area (Å²) >= 11 is 3.31. The number of alkyl halides is 3. The van der Waals surface area contributed by atoms with E-state index in [2.05, 4.69) is 21.2 Å². The lowest BCUT2D eigenvalue weighted by molar-refractivity contribution is -0.137. The van der Waals surface area contributed by atoms with Crippen LogP contribution in [0.4, 0.5) is 30.2 Å². The van der Waals surface area contributed by atoms with E-state index in [4.69, 9.17) is 5.73 Å². The Bertz CT molecular complexity index is 597. The Labute approximate surface area is 116 Å². The van der Waals surface area contributed by atoms with Crippen LogP contribution >= 0.6 is 15.9 Å². The molecule has 0 unspecified atom stereocenters. The monoisotopic (exact) mass is 330 g/mol. The molecule has 0 heterocycles. The highest BCUT2D eigenvalue weighted by Gasteiger charge is 2.30. The molecule has 3 N–H and O–H groups in total. The molecule has 0 saturated heterocycles. The molecule has 100 valence electrons. The number of halogens is 4. The Kier molecular flexibility index (Phi) is 3.71. The van der Waals surface area contributed by atoms with Crippen LogP contribution in [0.15, 0.2) is 46.9 Å². The molecular formula is C13H10BrF3N2. The second-order valence-electron chi connectivity index (χ2n) is 3.90. The highest BCUT2D eigenvalue weighted by molar-refractivity contribution is 9.10. The van der Waals surface area contributed by atoms with Crippen molar-refractivity contribution in [1.82, 2.24) is 0 Å². The van der Waals surface area contributed by atoms with Crippen LogP contribution in [0.25, 0.3) is 0 Å². The average Bonchev–Trinajstić information content (AvgIpc) is 2.33. The van der Waals surface area contributed by atoms with Gasteiger partial charge in [-0.05, 0) is 46.3 Å². The second-order valence-corrected chi connectivity index (χ2v) is 4.76. The summed E-state index contributed by atoms with van der Waals surface area (Å²) in [7, 11) is 0. The minimum Gasteiger partial charge on any atom is -0.397 e. The van der Waals surface area contributed by atoms with Crippen molar-refractivity contribution < 1.29 is 13.2 Å². The zero-order chi connectivity index (χ0) is 14.0. The van der Waals surface area contributed by atoms with Gasteiger partial charge in [-0.15, -0.1) is 0 Å². The van der Waals surface area contributed by atoms with E-state index in [-0.39, 0.29) is 11.4 Å². The van der Waals surface area contributed by atoms with Crippen LogP contribution in [-0.2, 0) is 6.18 Å². The maximum absolute atomic E-state index is 12.6. The number of hydrogen-bond donors (Lipinski definition) is 2. The van der Waals surface area contributed by atoms with Crippen LogP contribution in [-0.4, -0.2) is 0 Å². The topological polar surface area (TPSA) is 38.0 Å². The van der Waals surface area contributed by atoms with Crippen molar-refractivity contribution in [2.45, 2.75) is 6.18 Å². The van der Waals surface area contributed by atoms with Crippen LogP contribution in [0, 0.1) is 0 Å². The van der Waals surface area contributed by atoms with Crippen LogP contribution in [0.3, 0.4) is 0 Å². The summed E-state index contributed by atoms with van der Waals surface area (Å²) in [5.41, 5.74) is 6.07. The average molecular weight is 331 g/mol. The summed E-state index contributed by atoms with van der Waals surface area (Å²) < 4.78 is 38.7. The summed E-state index contributed by atoms with van der Waals surface area (Å²) in [5, 5.41) is 2.88. The number of nitrogens with two attached hydrogens (primary N) is 1. The van der Waals surface area contributed by atoms with E-state index < -0.39 is 11.7 Å². The molecule has 2 aromatic carbocycles. The van der Waals surface area contributed by atoms with Crippen LogP contribution in [0.5, 0.6) is 0 Å². The molecule has 2 aromatic rings. The number of rotatable bonds is 2. The Balaban J connectivity index is 2.38. The first-order valence-corrected chi connectivity index (χ1v) is 6.15. The van der Waals surface area contributed by atoms with Gasteiger partial charge >= 0.3 is 6.18 Å². The SMILES string of the molecule is Nc1ccc(C(F)(F)F)cc1Nc1ccccc1Br. The van der Waals surface area contributed by atoms with Gasteiger partial charge in [0.2, 0.25) is 0 Å². The van der Waals surface area contributed by atoms with Crippen LogP contribution in [0.1, 0.15) is 5.56 Å². The fraction of sp³-hybridized carbons (Fsp3) is 0.0769. The van der Waals surface area contributed by atoms with Gasteiger partial charge in [-0.1, -0.05) is 12.1 Å². The Morgan fingerprint density at radius 1 is 1.00 bits per heavy atom. The normalized spacial score (nSPS) is 11.4. The van der Waals surface area contributed by atoms with Crippen molar-refractivity contribution in [3.8, 4) is 0 Å². The molecule has 0 aliphatic carbocycles. The molecule has 0 radical (unpaired) electrons. The van der Waals surface area contributed by atoms with E-state index in [9.17, 15) is 13.2 Å². The molecule has 2 nitrogen and oxygen atoms in total. The van der Waals surface area contributed by atoms with Crippen molar-refractivity contribution in [2.24, 2.45) is 0 Å². The summed E-state index contributed by atoms with van der Waals surface area (Å²) in [6.45, 7) is 0. The van der Waals surface area contributed by atoms with Crippen molar-refractivity contribution in [1.29, 1.82) is 0 Å². The second kappa shape index (κ2) is 5.13. The molecule has 0 saturated carbocycles. The van der Waals surface area contributed by atoms with Crippen molar-refractivity contribution >= 4 is 33.0 Å². The first-order chi connectivity index (χ1) is 8.88. The van der Waals surface area contributed by atoms with E-state index >= 15 is 0 Å². The lowest BCUT2D eigenvalue weighted by atomic mass is 10.1. The third kappa shape index (κ3) is 3.20. The van der Waals surface area contributed by atoms with E-state index in [0.29, 0.717) is 5.69 Å². The molecule has 0 fully saturated rings. The summed E-state index contributed by atoms with van der Waals surface area (Å²) in [5.74, 6) is 0. The highest BCUT2D eigenvalue weighted by Crippen LogP contribution is 2.35. The predicted molar refractivity (Wildman–Crippen MR) is 73.3 cm³/mol. The maximum atomic E-state index is 12.6. The van der Waals surface area contributed by atoms with Gasteiger partial charge < -0.3 is 11.1 Å². The van der Waals surface area contributed by atoms with E-state index in [1.54, 1.807) is 18.2 Å². The number of benzene rings is 2. The molecule has 19 heavy (non-hydrogen) atoms. The number of anilines is 3. The lowest BCUT2D eigenvalue weighted by Gasteiger charge is -2.14. The smallest absolute Gasteiger partial charge is 0.397 e. The van der Waals surface area contributed by atoms with Gasteiger partial charge in [0.1, 0.15) is 0 Å². The minimum atomic E-state index is -4.39. The molecule has 0 atom stereocenters. The van der Waals surface area contributed by atoms with Gasteiger partial charge in [-0.3, -0.25) is 0 Å². The van der Waals surface area contributed by atoms with Crippen molar-refractivity contribution in [2.75, 3.05) is 11.1 Å². The first kappa shape index (κ1) is 13.7. The van der Waals surface area contributed by atoms with E-state index in [0.717, 1.165) is 16.6 Å². The molecule has 2 rings (SSSR count). The summed E-state index contributed by atoms with van der Waals surface area (Å²) in [6.07, 6.45) is -4.39. The predicted octanol–water partition coefficient (Wildman–Crippen LogP) is 4.79. The van der Waals surface area contributed by atoms with Crippen LogP contribution < -0.4 is 11.1 Å². The number of para-hydroxylation sites is 1. The molecule has 0 bridgehead atoms. The third-order valence-corrected chi connectivity index (χ3v) is 3.22. The van der Waals surface area contributed by atoms with Crippen molar-refractivity contribution in [3.63, 3.8) is 0 Å². The van der Waals surface area contributed by atoms with Gasteiger partial charge in [0.25, 0.3) is 0 Å². The van der Waals surface area contributed by atoms with Gasteiger partial charge in [-0.2, -0.15) is 13.2 Å². The van der Waals surface area contributed by atoms with Gasteiger partial charge in [0.05, 0.1) is 22.6 Å². The summed E-state index contributed by atoms with van der Waals surface area (Å²) in [4.78, 5) is 0. The fourth-order valence-electron chi connectivity index (χ4n) is 1.55. The molecule has 0 amide bonds. The van der Waals surface area contributed by atoms with Crippen LogP contribution in [0.2, 0.25) is 0 Å². The molecule has 0 aromatic heterocycles. The maximum Gasteiger partial charge on any atom is 0.416 e. The minimum absolute atomic E-state index is 0.224. The molecule has 6 heteroatoms. The van der Waals surface area contributed by atoms with E-state index in [1.807, 2.05) is 6.07 Å². The zero-order valence-corrected chi connectivity index (χ0v) is 11.2. The zero-order valence-electron chi connectivity index (χ0n) is 9.63. The van der Waals surface area contributed by atoms with Gasteiger partial charge in [-0.25, -0.2) is 0 Å². The Morgan fingerprint density at radius 3 is 2.32 bits per heavy atom. The number of nitrogen functional groups attached to an aromatic ring is 1. The quantitative estimate of drug-likeness (QED) is 0.776. The summed E-state index contributed by atoms with van der Waals surface area (Å²) in [6, 6.07) is 10.3. The fourth-order valence-corrected chi connectivity index (χ4v) is 1.93. The van der Waals surface area contributed by atoms with E-state index in [1.165, 1.54) is 6.07 Å². The number of hydrogen-bond acceptors (Lipinski definition) is 2. The van der Waals surface area contributed by atoms with Crippen molar-refractivity contribution in [3.05, 3.63) is 52.5 Å². The largest absolute Gasteiger partial charge is 0.416 e. The standard InChI is InChI=1S/C13H10BrF3N2/c14-9-3-1-2-4-11(9)19-12-7-8(13(15,16)17)5-6-10(12)18/h1-7,19H,18H2. The molecular weight excluding hydrogens is 321 g/mol. The number of nitrogens with one attached hydrogen (secondary N) is 1. The van der Waals surface area contributed by atoms with Gasteiger partial charge in [0.15, 0.2) is 0 Å². The van der Waals surface area contributed by atoms with Gasteiger partial charge in [0, 0.05) is 4.47 Å². The first-order valence-electron chi connectivity index (χ1n) is 5.36. The Hall–Kier alpha value is -1.69. The lowest BCUT2D eigenvalue weighted by Crippen LogP contribution is -2.06. The molecule has 0 spiro atoms. The Morgan fingerprint density at radius 2 is 1.68 bits per heavy atom. The molecule has 0 aliphatic heterocycles. The third-order valence-electron chi connectivity index (χ3n) is 2.52. The molecule has 0 aliphatic rings. The highest BCUT2D eigenvalue weighted by atomic mass is 79.9.